The van der Waals surface area contributed by atoms with E-state index in [1.807, 2.05) is 0 Å². The summed E-state index contributed by atoms with van der Waals surface area (Å²) in [5.41, 5.74) is -0.173. The minimum absolute atomic E-state index is 0.0423. The Hall–Kier alpha value is -2.11. The van der Waals surface area contributed by atoms with Gasteiger partial charge in [0.15, 0.2) is 5.69 Å². The smallest absolute Gasteiger partial charge is 0.357 e. The molecule has 0 spiro atoms. The fraction of sp³-hybridized carbons (Fsp3) is 0.300. The molecule has 0 unspecified atom stereocenters. The van der Waals surface area contributed by atoms with Crippen LogP contribution >= 0.6 is 0 Å². The number of nitrogens with zero attached hydrogens (tertiary/aromatic N) is 1. The zero-order valence-corrected chi connectivity index (χ0v) is 9.14. The van der Waals surface area contributed by atoms with E-state index in [9.17, 15) is 9.59 Å². The minimum Gasteiger partial charge on any atom is -0.496 e. The molecule has 0 atom stereocenters. The molecule has 0 amide bonds. The maximum Gasteiger partial charge on any atom is 0.357 e. The number of aromatic nitrogens is 1. The molecule has 0 aromatic carbocycles. The van der Waals surface area contributed by atoms with Crippen LogP contribution in [-0.2, 0) is 9.47 Å². The Morgan fingerprint density at radius 1 is 1.12 bits per heavy atom. The van der Waals surface area contributed by atoms with Crippen molar-refractivity contribution in [2.75, 3.05) is 21.3 Å². The first-order valence-corrected chi connectivity index (χ1v) is 4.35. The van der Waals surface area contributed by atoms with Crippen molar-refractivity contribution in [3.05, 3.63) is 23.5 Å². The van der Waals surface area contributed by atoms with Crippen LogP contribution in [0, 0.1) is 0 Å². The van der Waals surface area contributed by atoms with Gasteiger partial charge < -0.3 is 14.2 Å². The molecule has 86 valence electrons. The van der Waals surface area contributed by atoms with Gasteiger partial charge in [-0.1, -0.05) is 0 Å². The first-order valence-electron chi connectivity index (χ1n) is 4.35. The van der Waals surface area contributed by atoms with Gasteiger partial charge in [-0.15, -0.1) is 0 Å². The third kappa shape index (κ3) is 2.10. The summed E-state index contributed by atoms with van der Waals surface area (Å²) in [6.07, 6.45) is 1.34. The predicted octanol–water partition coefficient (Wildman–Crippen LogP) is 0.663. The summed E-state index contributed by atoms with van der Waals surface area (Å²) in [5, 5.41) is 0. The highest BCUT2D eigenvalue weighted by Gasteiger charge is 2.24. The Bertz CT molecular complexity index is 416. The quantitative estimate of drug-likeness (QED) is 0.703. The molecule has 1 aromatic heterocycles. The largest absolute Gasteiger partial charge is 0.496 e. The maximum absolute atomic E-state index is 11.5. The highest BCUT2D eigenvalue weighted by atomic mass is 16.5. The zero-order valence-electron chi connectivity index (χ0n) is 9.14. The van der Waals surface area contributed by atoms with Gasteiger partial charge >= 0.3 is 11.9 Å². The van der Waals surface area contributed by atoms with Crippen LogP contribution in [-0.4, -0.2) is 38.3 Å². The van der Waals surface area contributed by atoms with Crippen LogP contribution in [0.3, 0.4) is 0 Å². The molecule has 1 heterocycles. The second kappa shape index (κ2) is 5.11. The summed E-state index contributed by atoms with van der Waals surface area (Å²) < 4.78 is 14.0. The van der Waals surface area contributed by atoms with E-state index in [-0.39, 0.29) is 17.0 Å². The predicted molar refractivity (Wildman–Crippen MR) is 53.5 cm³/mol. The van der Waals surface area contributed by atoms with Gasteiger partial charge in [0.25, 0.3) is 0 Å². The molecule has 16 heavy (non-hydrogen) atoms. The van der Waals surface area contributed by atoms with Gasteiger partial charge in [-0.05, 0) is 6.07 Å². The van der Waals surface area contributed by atoms with Crippen LogP contribution in [0.25, 0.3) is 0 Å². The van der Waals surface area contributed by atoms with Crippen LogP contribution < -0.4 is 4.74 Å². The van der Waals surface area contributed by atoms with E-state index in [1.165, 1.54) is 33.6 Å². The maximum atomic E-state index is 11.5. The lowest BCUT2D eigenvalue weighted by atomic mass is 10.1. The number of pyridine rings is 1. The van der Waals surface area contributed by atoms with E-state index in [0.717, 1.165) is 0 Å². The Kier molecular flexibility index (Phi) is 3.82. The molecule has 0 saturated heterocycles. The SMILES string of the molecule is COC(=O)c1nccc(OC)c1C(=O)OC. The number of esters is 2. The summed E-state index contributed by atoms with van der Waals surface area (Å²) in [6, 6.07) is 1.46. The van der Waals surface area contributed by atoms with Crippen molar-refractivity contribution < 1.29 is 23.8 Å². The minimum atomic E-state index is -0.723. The van der Waals surface area contributed by atoms with Crippen molar-refractivity contribution in [3.63, 3.8) is 0 Å². The van der Waals surface area contributed by atoms with E-state index in [1.54, 1.807) is 0 Å². The second-order valence-corrected chi connectivity index (χ2v) is 2.72. The fourth-order valence-electron chi connectivity index (χ4n) is 1.16. The molecule has 0 aliphatic rings. The van der Waals surface area contributed by atoms with Crippen LogP contribution in [0.4, 0.5) is 0 Å². The Balaban J connectivity index is 3.37. The van der Waals surface area contributed by atoms with Gasteiger partial charge in [-0.25, -0.2) is 14.6 Å². The van der Waals surface area contributed by atoms with Gasteiger partial charge in [-0.3, -0.25) is 0 Å². The van der Waals surface area contributed by atoms with Crippen LogP contribution in [0.5, 0.6) is 5.75 Å². The Labute approximate surface area is 92.1 Å². The molecule has 0 aliphatic carbocycles. The third-order valence-corrected chi connectivity index (χ3v) is 1.90. The van der Waals surface area contributed by atoms with E-state index in [4.69, 9.17) is 4.74 Å². The lowest BCUT2D eigenvalue weighted by molar-refractivity contribution is 0.0546. The van der Waals surface area contributed by atoms with Crippen LogP contribution in [0.2, 0.25) is 0 Å². The first kappa shape index (κ1) is 12.0. The standard InChI is InChI=1S/C10H11NO5/c1-14-6-4-5-11-8(10(13)16-3)7(6)9(12)15-2/h4-5H,1-3H3. The van der Waals surface area contributed by atoms with E-state index < -0.39 is 11.9 Å². The molecule has 0 aliphatic heterocycles. The summed E-state index contributed by atoms with van der Waals surface area (Å²) in [7, 11) is 3.78. The summed E-state index contributed by atoms with van der Waals surface area (Å²) in [6.45, 7) is 0. The van der Waals surface area contributed by atoms with Crippen LogP contribution in [0.15, 0.2) is 12.3 Å². The average Bonchev–Trinajstić information content (AvgIpc) is 2.35. The summed E-state index contributed by atoms with van der Waals surface area (Å²) in [4.78, 5) is 26.6. The zero-order chi connectivity index (χ0) is 12.1. The van der Waals surface area contributed by atoms with E-state index >= 15 is 0 Å². The van der Waals surface area contributed by atoms with Crippen molar-refractivity contribution in [1.29, 1.82) is 0 Å². The third-order valence-electron chi connectivity index (χ3n) is 1.90. The number of rotatable bonds is 3. The summed E-state index contributed by atoms with van der Waals surface area (Å²) >= 11 is 0. The number of carbonyl (C=O) groups is 2. The first-order chi connectivity index (χ1) is 7.65. The summed E-state index contributed by atoms with van der Waals surface area (Å²) in [5.74, 6) is -1.22. The molecular weight excluding hydrogens is 214 g/mol. The highest BCUT2D eigenvalue weighted by Crippen LogP contribution is 2.21. The van der Waals surface area contributed by atoms with Crippen molar-refractivity contribution >= 4 is 11.9 Å². The lowest BCUT2D eigenvalue weighted by Gasteiger charge is -2.09. The number of ether oxygens (including phenoxy) is 3. The number of methoxy groups -OCH3 is 3. The molecule has 0 N–H and O–H groups in total. The molecular formula is C10H11NO5. The van der Waals surface area contributed by atoms with Gasteiger partial charge in [0.2, 0.25) is 0 Å². The molecule has 1 aromatic rings. The molecule has 6 nitrogen and oxygen atoms in total. The molecule has 0 bridgehead atoms. The van der Waals surface area contributed by atoms with Crippen molar-refractivity contribution in [3.8, 4) is 5.75 Å². The van der Waals surface area contributed by atoms with Gasteiger partial charge in [-0.2, -0.15) is 0 Å². The van der Waals surface area contributed by atoms with Gasteiger partial charge in [0.1, 0.15) is 11.3 Å². The molecule has 6 heteroatoms. The highest BCUT2D eigenvalue weighted by molar-refractivity contribution is 6.03. The topological polar surface area (TPSA) is 74.7 Å². The average molecular weight is 225 g/mol. The van der Waals surface area contributed by atoms with E-state index in [0.29, 0.717) is 0 Å². The molecule has 0 radical (unpaired) electrons. The number of hydrogen-bond acceptors (Lipinski definition) is 6. The second-order valence-electron chi connectivity index (χ2n) is 2.72. The van der Waals surface area contributed by atoms with Crippen molar-refractivity contribution in [2.24, 2.45) is 0 Å². The normalized spacial score (nSPS) is 9.44. The molecule has 0 fully saturated rings. The number of hydrogen-bond donors (Lipinski definition) is 0. The lowest BCUT2D eigenvalue weighted by Crippen LogP contribution is -2.15. The Morgan fingerprint density at radius 2 is 1.75 bits per heavy atom. The van der Waals surface area contributed by atoms with Crippen molar-refractivity contribution in [2.45, 2.75) is 0 Å². The molecule has 1 rings (SSSR count). The van der Waals surface area contributed by atoms with Gasteiger partial charge in [0, 0.05) is 6.20 Å². The number of carbonyl (C=O) groups excluding carboxylic acids is 2. The Morgan fingerprint density at radius 3 is 2.25 bits per heavy atom. The monoisotopic (exact) mass is 225 g/mol. The molecule has 0 saturated carbocycles. The van der Waals surface area contributed by atoms with Crippen molar-refractivity contribution in [1.82, 2.24) is 4.98 Å². The fourth-order valence-corrected chi connectivity index (χ4v) is 1.16. The van der Waals surface area contributed by atoms with E-state index in [2.05, 4.69) is 14.5 Å². The van der Waals surface area contributed by atoms with Gasteiger partial charge in [0.05, 0.1) is 21.3 Å². The van der Waals surface area contributed by atoms with Crippen LogP contribution in [0.1, 0.15) is 20.8 Å².